The number of carbonyl (C=O) groups excluding carboxylic acids is 2. The van der Waals surface area contributed by atoms with Gasteiger partial charge in [0, 0.05) is 12.1 Å². The Morgan fingerprint density at radius 3 is 2.58 bits per heavy atom. The maximum atomic E-state index is 13.8. The van der Waals surface area contributed by atoms with Gasteiger partial charge in [-0.25, -0.2) is 4.79 Å². The highest BCUT2D eigenvalue weighted by atomic mass is 16.6. The standard InChI is InChI=1S/C29H37NO6/c1-18-8-6-12-21(32)14-15-25(33)36-29-23(13-7-9-18)27(34)22(17-31)19(2)26(29)24(30-28(29)35)16-20-10-4-3-5-11-20/h3-5,7,10-11,13-15,18,21,23-24,26-27,31-32,34H,6,8-9,12,16-17H2,1-2H3,(H,30,35)/b13-7+,15-14+/t18-,21?,23+,24+,26+,27-,29-/m1/s1. The molecule has 0 saturated carbocycles. The van der Waals surface area contributed by atoms with Crippen LogP contribution in [0.2, 0.25) is 0 Å². The Hall–Kier alpha value is -2.74. The van der Waals surface area contributed by atoms with Crippen molar-refractivity contribution in [3.63, 3.8) is 0 Å². The number of amides is 1. The summed E-state index contributed by atoms with van der Waals surface area (Å²) >= 11 is 0. The Kier molecular flexibility index (Phi) is 8.13. The van der Waals surface area contributed by atoms with Gasteiger partial charge in [0.2, 0.25) is 5.60 Å². The van der Waals surface area contributed by atoms with Gasteiger partial charge in [0.15, 0.2) is 0 Å². The van der Waals surface area contributed by atoms with E-state index in [1.54, 1.807) is 13.0 Å². The average Bonchev–Trinajstić information content (AvgIpc) is 3.11. The molecule has 7 atom stereocenters. The van der Waals surface area contributed by atoms with Gasteiger partial charge in [-0.1, -0.05) is 67.8 Å². The summed E-state index contributed by atoms with van der Waals surface area (Å²) < 4.78 is 6.02. The number of carbonyl (C=O) groups is 2. The topological polar surface area (TPSA) is 116 Å². The first kappa shape index (κ1) is 26.3. The molecule has 3 aliphatic rings. The largest absolute Gasteiger partial charge is 0.444 e. The van der Waals surface area contributed by atoms with Crippen LogP contribution in [0.25, 0.3) is 0 Å². The van der Waals surface area contributed by atoms with Crippen molar-refractivity contribution in [1.82, 2.24) is 5.32 Å². The average molecular weight is 496 g/mol. The van der Waals surface area contributed by atoms with Crippen LogP contribution < -0.4 is 5.32 Å². The summed E-state index contributed by atoms with van der Waals surface area (Å²) in [5.41, 5.74) is 0.439. The molecule has 1 aromatic rings. The van der Waals surface area contributed by atoms with E-state index in [0.717, 1.165) is 24.8 Å². The lowest BCUT2D eigenvalue weighted by Gasteiger charge is -2.46. The van der Waals surface area contributed by atoms with Crippen molar-refractivity contribution in [1.29, 1.82) is 0 Å². The first-order chi connectivity index (χ1) is 17.3. The molecule has 7 nitrogen and oxygen atoms in total. The van der Waals surface area contributed by atoms with E-state index in [4.69, 9.17) is 4.74 Å². The summed E-state index contributed by atoms with van der Waals surface area (Å²) in [4.78, 5) is 26.8. The summed E-state index contributed by atoms with van der Waals surface area (Å²) in [7, 11) is 0. The zero-order valence-corrected chi connectivity index (χ0v) is 21.0. The smallest absolute Gasteiger partial charge is 0.331 e. The first-order valence-electron chi connectivity index (χ1n) is 12.9. The fourth-order valence-corrected chi connectivity index (χ4v) is 6.09. The molecule has 7 heteroatoms. The predicted octanol–water partition coefficient (Wildman–Crippen LogP) is 2.61. The first-order valence-corrected chi connectivity index (χ1v) is 12.9. The molecule has 1 aromatic carbocycles. The molecule has 1 aliphatic carbocycles. The molecule has 0 bridgehead atoms. The van der Waals surface area contributed by atoms with Crippen molar-refractivity contribution in [3.05, 3.63) is 71.3 Å². The second-order valence-electron chi connectivity index (χ2n) is 10.4. The SMILES string of the molecule is CC1=C(CO)[C@@H](O)[C@@H]2/C=C/C[C@H](C)CCCC(O)/C=C/C(=O)O[C@]23C(=O)N[C@@H](Cc2ccccc2)[C@H]13. The Balaban J connectivity index is 1.82. The van der Waals surface area contributed by atoms with Crippen LogP contribution in [0.3, 0.4) is 0 Å². The second-order valence-corrected chi connectivity index (χ2v) is 10.4. The van der Waals surface area contributed by atoms with E-state index < -0.39 is 47.6 Å². The Morgan fingerprint density at radius 2 is 1.86 bits per heavy atom. The number of benzene rings is 1. The zero-order chi connectivity index (χ0) is 25.9. The summed E-state index contributed by atoms with van der Waals surface area (Å²) in [6.07, 6.45) is 7.82. The minimum atomic E-state index is -1.68. The van der Waals surface area contributed by atoms with E-state index in [2.05, 4.69) is 12.2 Å². The van der Waals surface area contributed by atoms with Gasteiger partial charge in [0.1, 0.15) is 0 Å². The van der Waals surface area contributed by atoms with E-state index in [1.165, 1.54) is 12.2 Å². The van der Waals surface area contributed by atoms with E-state index in [-0.39, 0.29) is 6.61 Å². The molecule has 1 saturated heterocycles. The van der Waals surface area contributed by atoms with Crippen LogP contribution in [0.15, 0.2) is 65.8 Å². The number of hydrogen-bond donors (Lipinski definition) is 4. The van der Waals surface area contributed by atoms with Crippen molar-refractivity contribution in [2.75, 3.05) is 6.61 Å². The molecule has 2 aliphatic heterocycles. The molecule has 1 fully saturated rings. The highest BCUT2D eigenvalue weighted by Gasteiger charge is 2.66. The van der Waals surface area contributed by atoms with Crippen molar-refractivity contribution in [3.8, 4) is 0 Å². The van der Waals surface area contributed by atoms with Crippen molar-refractivity contribution < 1.29 is 29.6 Å². The van der Waals surface area contributed by atoms with Crippen LogP contribution in [0, 0.1) is 17.8 Å². The third-order valence-corrected chi connectivity index (χ3v) is 7.97. The molecule has 194 valence electrons. The summed E-state index contributed by atoms with van der Waals surface area (Å²) in [5.74, 6) is -2.32. The van der Waals surface area contributed by atoms with E-state index >= 15 is 0 Å². The molecule has 0 aromatic heterocycles. The highest BCUT2D eigenvalue weighted by Crippen LogP contribution is 2.50. The molecule has 1 spiro atoms. The molecule has 4 rings (SSSR count). The quantitative estimate of drug-likeness (QED) is 0.379. The number of aliphatic hydroxyl groups is 3. The molecule has 0 radical (unpaired) electrons. The van der Waals surface area contributed by atoms with Gasteiger partial charge in [-0.3, -0.25) is 4.79 Å². The fraction of sp³-hybridized carbons (Fsp3) is 0.517. The lowest BCUT2D eigenvalue weighted by molar-refractivity contribution is -0.175. The Morgan fingerprint density at radius 1 is 1.11 bits per heavy atom. The van der Waals surface area contributed by atoms with Gasteiger partial charge in [-0.05, 0) is 49.3 Å². The molecule has 1 amide bonds. The van der Waals surface area contributed by atoms with E-state index in [0.29, 0.717) is 29.9 Å². The van der Waals surface area contributed by atoms with Crippen molar-refractivity contribution in [2.45, 2.75) is 69.8 Å². The highest BCUT2D eigenvalue weighted by molar-refractivity contribution is 5.94. The van der Waals surface area contributed by atoms with Crippen LogP contribution in [0.1, 0.15) is 45.1 Å². The summed E-state index contributed by atoms with van der Waals surface area (Å²) in [6, 6.07) is 9.33. The van der Waals surface area contributed by atoms with E-state index in [1.807, 2.05) is 36.4 Å². The third kappa shape index (κ3) is 5.05. The number of nitrogens with one attached hydrogen (secondary N) is 1. The Labute approximate surface area is 212 Å². The lowest BCUT2D eigenvalue weighted by atomic mass is 9.63. The van der Waals surface area contributed by atoms with Crippen LogP contribution >= 0.6 is 0 Å². The number of ether oxygens (including phenoxy) is 1. The zero-order valence-electron chi connectivity index (χ0n) is 21.0. The predicted molar refractivity (Wildman–Crippen MR) is 136 cm³/mol. The summed E-state index contributed by atoms with van der Waals surface area (Å²) in [6.45, 7) is 3.56. The number of rotatable bonds is 3. The molecular weight excluding hydrogens is 458 g/mol. The van der Waals surface area contributed by atoms with Crippen LogP contribution in [0.5, 0.6) is 0 Å². The second kappa shape index (κ2) is 11.1. The Bertz CT molecular complexity index is 1050. The molecule has 2 heterocycles. The normalized spacial score (nSPS) is 37.2. The van der Waals surface area contributed by atoms with E-state index in [9.17, 15) is 24.9 Å². The fourth-order valence-electron chi connectivity index (χ4n) is 6.09. The maximum absolute atomic E-state index is 13.8. The van der Waals surface area contributed by atoms with Crippen molar-refractivity contribution in [2.24, 2.45) is 17.8 Å². The summed E-state index contributed by atoms with van der Waals surface area (Å²) in [5, 5.41) is 34.9. The number of esters is 1. The molecule has 36 heavy (non-hydrogen) atoms. The van der Waals surface area contributed by atoms with Gasteiger partial charge < -0.3 is 25.4 Å². The lowest BCUT2D eigenvalue weighted by Crippen LogP contribution is -2.59. The van der Waals surface area contributed by atoms with Gasteiger partial charge in [0.05, 0.1) is 30.7 Å². The van der Waals surface area contributed by atoms with Crippen LogP contribution in [-0.4, -0.2) is 57.7 Å². The van der Waals surface area contributed by atoms with Crippen molar-refractivity contribution >= 4 is 11.9 Å². The maximum Gasteiger partial charge on any atom is 0.331 e. The van der Waals surface area contributed by atoms with Gasteiger partial charge in [-0.15, -0.1) is 0 Å². The van der Waals surface area contributed by atoms with Crippen LogP contribution in [0.4, 0.5) is 0 Å². The number of hydrogen-bond acceptors (Lipinski definition) is 6. The van der Waals surface area contributed by atoms with Gasteiger partial charge in [-0.2, -0.15) is 0 Å². The molecule has 1 unspecified atom stereocenters. The monoisotopic (exact) mass is 495 g/mol. The molecular formula is C29H37NO6. The van der Waals surface area contributed by atoms with Crippen LogP contribution in [-0.2, 0) is 20.7 Å². The minimum absolute atomic E-state index is 0.341. The molecule has 4 N–H and O–H groups in total. The van der Waals surface area contributed by atoms with Gasteiger partial charge >= 0.3 is 5.97 Å². The minimum Gasteiger partial charge on any atom is -0.444 e. The third-order valence-electron chi connectivity index (χ3n) is 7.97. The number of aliphatic hydroxyl groups excluding tert-OH is 3. The van der Waals surface area contributed by atoms with Gasteiger partial charge in [0.25, 0.3) is 5.91 Å². The number of allylic oxidation sites excluding steroid dienone is 1.